The van der Waals surface area contributed by atoms with Crippen molar-refractivity contribution in [2.75, 3.05) is 20.2 Å². The van der Waals surface area contributed by atoms with E-state index in [2.05, 4.69) is 10.3 Å². The van der Waals surface area contributed by atoms with Gasteiger partial charge < -0.3 is 10.1 Å². The molecule has 0 saturated heterocycles. The highest BCUT2D eigenvalue weighted by atomic mass is 19.4. The lowest BCUT2D eigenvalue weighted by molar-refractivity contribution is -0.138. The largest absolute Gasteiger partial charge is 0.497 e. The van der Waals surface area contributed by atoms with Crippen molar-refractivity contribution >= 4 is 5.84 Å². The number of hydrogen-bond acceptors (Lipinski definition) is 3. The van der Waals surface area contributed by atoms with E-state index >= 15 is 0 Å². The van der Waals surface area contributed by atoms with Crippen molar-refractivity contribution in [2.24, 2.45) is 4.99 Å². The standard InChI is InChI=1S/C12H13F3N2O/c1-18-9-3-2-8(6-11-16-4-5-17-11)10(7-9)12(13,14)15/h2-3,7H,4-6H2,1H3,(H,16,17). The molecule has 0 unspecified atom stereocenters. The molecule has 0 atom stereocenters. The lowest BCUT2D eigenvalue weighted by Gasteiger charge is -2.14. The summed E-state index contributed by atoms with van der Waals surface area (Å²) in [6, 6.07) is 3.98. The molecule has 0 bridgehead atoms. The third-order valence-electron chi connectivity index (χ3n) is 2.72. The van der Waals surface area contributed by atoms with Gasteiger partial charge in [-0.15, -0.1) is 0 Å². The first-order valence-corrected chi connectivity index (χ1v) is 5.52. The van der Waals surface area contributed by atoms with Gasteiger partial charge in [0.1, 0.15) is 11.6 Å². The molecule has 0 aromatic heterocycles. The van der Waals surface area contributed by atoms with E-state index in [0.717, 1.165) is 6.07 Å². The van der Waals surface area contributed by atoms with Crippen molar-refractivity contribution in [2.45, 2.75) is 12.6 Å². The highest BCUT2D eigenvalue weighted by Crippen LogP contribution is 2.34. The number of amidine groups is 1. The molecule has 1 aliphatic rings. The number of halogens is 3. The van der Waals surface area contributed by atoms with Crippen LogP contribution in [0.15, 0.2) is 23.2 Å². The van der Waals surface area contributed by atoms with Crippen LogP contribution in [-0.2, 0) is 12.6 Å². The molecule has 1 N–H and O–H groups in total. The molecule has 2 rings (SSSR count). The Labute approximate surface area is 103 Å². The average molecular weight is 258 g/mol. The van der Waals surface area contributed by atoms with Crippen LogP contribution in [0.1, 0.15) is 11.1 Å². The van der Waals surface area contributed by atoms with E-state index < -0.39 is 11.7 Å². The molecule has 3 nitrogen and oxygen atoms in total. The zero-order valence-corrected chi connectivity index (χ0v) is 9.84. The summed E-state index contributed by atoms with van der Waals surface area (Å²) >= 11 is 0. The van der Waals surface area contributed by atoms with Crippen molar-refractivity contribution in [3.63, 3.8) is 0 Å². The van der Waals surface area contributed by atoms with Gasteiger partial charge in [0.25, 0.3) is 0 Å². The number of rotatable bonds is 3. The van der Waals surface area contributed by atoms with Gasteiger partial charge >= 0.3 is 6.18 Å². The molecule has 0 saturated carbocycles. The third kappa shape index (κ3) is 2.75. The van der Waals surface area contributed by atoms with Gasteiger partial charge in [-0.05, 0) is 17.7 Å². The quantitative estimate of drug-likeness (QED) is 0.902. The Morgan fingerprint density at radius 2 is 2.17 bits per heavy atom. The molecular formula is C12H13F3N2O. The predicted octanol–water partition coefficient (Wildman–Crippen LogP) is 2.26. The van der Waals surface area contributed by atoms with Crippen LogP contribution in [0.4, 0.5) is 13.2 Å². The van der Waals surface area contributed by atoms with Gasteiger partial charge in [0.15, 0.2) is 0 Å². The summed E-state index contributed by atoms with van der Waals surface area (Å²) < 4.78 is 43.6. The number of alkyl halides is 3. The molecule has 0 fully saturated rings. The molecule has 1 heterocycles. The topological polar surface area (TPSA) is 33.6 Å². The van der Waals surface area contributed by atoms with Crippen LogP contribution in [0.25, 0.3) is 0 Å². The van der Waals surface area contributed by atoms with Crippen LogP contribution in [0.3, 0.4) is 0 Å². The predicted molar refractivity (Wildman–Crippen MR) is 62.0 cm³/mol. The average Bonchev–Trinajstić information content (AvgIpc) is 2.81. The Kier molecular flexibility index (Phi) is 3.45. The van der Waals surface area contributed by atoms with Crippen molar-refractivity contribution < 1.29 is 17.9 Å². The molecule has 0 spiro atoms. The summed E-state index contributed by atoms with van der Waals surface area (Å²) in [5, 5.41) is 2.96. The SMILES string of the molecule is COc1ccc(CC2=NCCN2)c(C(F)(F)F)c1. The second-order valence-electron chi connectivity index (χ2n) is 3.95. The smallest absolute Gasteiger partial charge is 0.416 e. The molecule has 6 heteroatoms. The first-order valence-electron chi connectivity index (χ1n) is 5.52. The lowest BCUT2D eigenvalue weighted by Crippen LogP contribution is -2.22. The van der Waals surface area contributed by atoms with Gasteiger partial charge in [-0.25, -0.2) is 0 Å². The van der Waals surface area contributed by atoms with Gasteiger partial charge in [0, 0.05) is 13.0 Å². The zero-order valence-electron chi connectivity index (χ0n) is 9.84. The first-order chi connectivity index (χ1) is 8.50. The van der Waals surface area contributed by atoms with Crippen molar-refractivity contribution in [1.82, 2.24) is 5.32 Å². The summed E-state index contributed by atoms with van der Waals surface area (Å²) in [6.07, 6.45) is -4.22. The summed E-state index contributed by atoms with van der Waals surface area (Å²) in [5.74, 6) is 0.804. The number of methoxy groups -OCH3 is 1. The Balaban J connectivity index is 2.33. The van der Waals surface area contributed by atoms with E-state index in [1.807, 2.05) is 0 Å². The maximum Gasteiger partial charge on any atom is 0.416 e. The maximum atomic E-state index is 12.9. The van der Waals surface area contributed by atoms with Gasteiger partial charge in [-0.2, -0.15) is 13.2 Å². The Bertz CT molecular complexity index is 469. The summed E-state index contributed by atoms with van der Waals surface area (Å²) in [4.78, 5) is 4.10. The molecule has 0 radical (unpaired) electrons. The molecule has 1 aliphatic heterocycles. The van der Waals surface area contributed by atoms with E-state index in [9.17, 15) is 13.2 Å². The highest BCUT2D eigenvalue weighted by molar-refractivity contribution is 5.86. The summed E-state index contributed by atoms with van der Waals surface area (Å²) in [7, 11) is 1.35. The van der Waals surface area contributed by atoms with Crippen LogP contribution >= 0.6 is 0 Å². The molecule has 98 valence electrons. The fourth-order valence-electron chi connectivity index (χ4n) is 1.85. The van der Waals surface area contributed by atoms with E-state index in [4.69, 9.17) is 4.74 Å². The van der Waals surface area contributed by atoms with Crippen LogP contribution in [-0.4, -0.2) is 26.0 Å². The van der Waals surface area contributed by atoms with Gasteiger partial charge in [-0.3, -0.25) is 4.99 Å². The molecule has 1 aromatic carbocycles. The van der Waals surface area contributed by atoms with E-state index in [0.29, 0.717) is 18.9 Å². The Hall–Kier alpha value is -1.72. The van der Waals surface area contributed by atoms with Crippen LogP contribution in [0.5, 0.6) is 5.75 Å². The minimum atomic E-state index is -4.39. The van der Waals surface area contributed by atoms with E-state index in [1.54, 1.807) is 0 Å². The Morgan fingerprint density at radius 1 is 1.39 bits per heavy atom. The van der Waals surface area contributed by atoms with E-state index in [-0.39, 0.29) is 17.7 Å². The number of ether oxygens (including phenoxy) is 1. The van der Waals surface area contributed by atoms with Crippen molar-refractivity contribution in [3.8, 4) is 5.75 Å². The number of nitrogens with zero attached hydrogens (tertiary/aromatic N) is 1. The fourth-order valence-corrected chi connectivity index (χ4v) is 1.85. The van der Waals surface area contributed by atoms with Crippen molar-refractivity contribution in [1.29, 1.82) is 0 Å². The monoisotopic (exact) mass is 258 g/mol. The molecular weight excluding hydrogens is 245 g/mol. The van der Waals surface area contributed by atoms with Crippen LogP contribution < -0.4 is 10.1 Å². The van der Waals surface area contributed by atoms with E-state index in [1.165, 1.54) is 19.2 Å². The molecule has 1 aromatic rings. The molecule has 0 aliphatic carbocycles. The normalized spacial score (nSPS) is 15.2. The third-order valence-corrected chi connectivity index (χ3v) is 2.72. The van der Waals surface area contributed by atoms with Crippen molar-refractivity contribution in [3.05, 3.63) is 29.3 Å². The summed E-state index contributed by atoms with van der Waals surface area (Å²) in [5.41, 5.74) is -0.463. The lowest BCUT2D eigenvalue weighted by atomic mass is 10.0. The van der Waals surface area contributed by atoms with Crippen LogP contribution in [0, 0.1) is 0 Å². The van der Waals surface area contributed by atoms with Gasteiger partial charge in [-0.1, -0.05) is 6.07 Å². The second-order valence-corrected chi connectivity index (χ2v) is 3.95. The minimum Gasteiger partial charge on any atom is -0.497 e. The highest BCUT2D eigenvalue weighted by Gasteiger charge is 2.34. The second kappa shape index (κ2) is 4.88. The van der Waals surface area contributed by atoms with Gasteiger partial charge in [0.05, 0.1) is 19.2 Å². The first kappa shape index (κ1) is 12.7. The molecule has 18 heavy (non-hydrogen) atoms. The van der Waals surface area contributed by atoms with Crippen LogP contribution in [0.2, 0.25) is 0 Å². The number of hydrogen-bond donors (Lipinski definition) is 1. The zero-order chi connectivity index (χ0) is 13.2. The number of aliphatic imine (C=N–C) groups is 1. The number of nitrogens with one attached hydrogen (secondary N) is 1. The van der Waals surface area contributed by atoms with Gasteiger partial charge in [0.2, 0.25) is 0 Å². The number of benzene rings is 1. The Morgan fingerprint density at radius 3 is 2.72 bits per heavy atom. The molecule has 0 amide bonds. The maximum absolute atomic E-state index is 12.9. The minimum absolute atomic E-state index is 0.166. The summed E-state index contributed by atoms with van der Waals surface area (Å²) in [6.45, 7) is 1.31. The fraction of sp³-hybridized carbons (Fsp3) is 0.417.